The molecule has 0 bridgehead atoms. The van der Waals surface area contributed by atoms with Gasteiger partial charge in [0.25, 0.3) is 5.69 Å². The van der Waals surface area contributed by atoms with E-state index in [9.17, 15) is 19.7 Å². The van der Waals surface area contributed by atoms with Crippen LogP contribution in [0.4, 0.5) is 17.1 Å². The van der Waals surface area contributed by atoms with Crippen LogP contribution in [0.5, 0.6) is 11.5 Å². The lowest BCUT2D eigenvalue weighted by atomic mass is 9.92. The van der Waals surface area contributed by atoms with Gasteiger partial charge in [-0.2, -0.15) is 0 Å². The number of nitro benzene ring substituents is 1. The second-order valence-corrected chi connectivity index (χ2v) is 9.19. The zero-order valence-electron chi connectivity index (χ0n) is 20.8. The lowest BCUT2D eigenvalue weighted by Gasteiger charge is -2.37. The molecule has 3 aromatic rings. The quantitative estimate of drug-likeness (QED) is 0.272. The van der Waals surface area contributed by atoms with Gasteiger partial charge in [-0.25, -0.2) is 4.90 Å². The number of hydrogen-bond donors (Lipinski definition) is 0. The molecule has 5 rings (SSSR count). The zero-order valence-corrected chi connectivity index (χ0v) is 20.8. The van der Waals surface area contributed by atoms with Gasteiger partial charge in [0.05, 0.1) is 36.8 Å². The van der Waals surface area contributed by atoms with E-state index in [0.29, 0.717) is 30.2 Å². The first-order chi connectivity index (χ1) is 17.8. The van der Waals surface area contributed by atoms with Gasteiger partial charge >= 0.3 is 0 Å². The molecule has 0 aliphatic carbocycles. The van der Waals surface area contributed by atoms with Crippen molar-refractivity contribution in [1.29, 1.82) is 0 Å². The standard InChI is InChI=1S/C28H27N3O6/c1-17-21-15-26(37-3)25(36-2)13-19(21)11-12-29(17)23-10-9-20(14-24(23)31(34)35)30-27(32)16-22(28(30)33)18-7-5-4-6-8-18/h4-10,13-15,17,22H,11-12,16H2,1-3H3/t17-,22+/m1/s1. The molecule has 0 N–H and O–H groups in total. The lowest BCUT2D eigenvalue weighted by molar-refractivity contribution is -0.384. The molecule has 2 amide bonds. The number of carbonyl (C=O) groups is 2. The number of anilines is 2. The average Bonchev–Trinajstić information content (AvgIpc) is 3.22. The molecule has 1 saturated heterocycles. The van der Waals surface area contributed by atoms with E-state index in [1.54, 1.807) is 26.4 Å². The third kappa shape index (κ3) is 4.16. The molecular weight excluding hydrogens is 474 g/mol. The second-order valence-electron chi connectivity index (χ2n) is 9.19. The molecule has 0 spiro atoms. The molecule has 1 fully saturated rings. The first kappa shape index (κ1) is 24.3. The molecule has 190 valence electrons. The molecule has 9 heteroatoms. The van der Waals surface area contributed by atoms with Gasteiger partial charge in [-0.15, -0.1) is 0 Å². The lowest BCUT2D eigenvalue weighted by Crippen LogP contribution is -2.34. The highest BCUT2D eigenvalue weighted by molar-refractivity contribution is 6.22. The number of carbonyl (C=O) groups excluding carboxylic acids is 2. The van der Waals surface area contributed by atoms with Crippen LogP contribution in [-0.2, 0) is 16.0 Å². The Kier molecular flexibility index (Phi) is 6.29. The van der Waals surface area contributed by atoms with E-state index in [1.165, 1.54) is 6.07 Å². The Balaban J connectivity index is 1.49. The van der Waals surface area contributed by atoms with Crippen molar-refractivity contribution in [3.05, 3.63) is 87.5 Å². The van der Waals surface area contributed by atoms with Crippen LogP contribution < -0.4 is 19.3 Å². The maximum atomic E-state index is 13.2. The van der Waals surface area contributed by atoms with Crippen LogP contribution in [0.1, 0.15) is 42.0 Å². The van der Waals surface area contributed by atoms with E-state index in [1.807, 2.05) is 54.3 Å². The summed E-state index contributed by atoms with van der Waals surface area (Å²) in [5.74, 6) is -0.107. The first-order valence-corrected chi connectivity index (χ1v) is 12.1. The van der Waals surface area contributed by atoms with E-state index in [-0.39, 0.29) is 35.7 Å². The van der Waals surface area contributed by atoms with Crippen LogP contribution in [0.3, 0.4) is 0 Å². The minimum absolute atomic E-state index is 0.0314. The number of methoxy groups -OCH3 is 2. The zero-order chi connectivity index (χ0) is 26.3. The summed E-state index contributed by atoms with van der Waals surface area (Å²) in [6.45, 7) is 2.54. The number of ether oxygens (including phenoxy) is 2. The molecule has 0 saturated carbocycles. The maximum Gasteiger partial charge on any atom is 0.294 e. The van der Waals surface area contributed by atoms with Gasteiger partial charge in [0, 0.05) is 19.0 Å². The molecule has 0 radical (unpaired) electrons. The highest BCUT2D eigenvalue weighted by Gasteiger charge is 2.41. The SMILES string of the molecule is COc1cc2c(cc1OC)[C@@H](C)N(c1ccc(N3C(=O)C[C@@H](c4ccccc4)C3=O)cc1[N+](=O)[O-])CC2. The van der Waals surface area contributed by atoms with Gasteiger partial charge in [0.1, 0.15) is 5.69 Å². The van der Waals surface area contributed by atoms with Crippen molar-refractivity contribution in [2.45, 2.75) is 31.7 Å². The van der Waals surface area contributed by atoms with Gasteiger partial charge in [-0.05, 0) is 54.3 Å². The van der Waals surface area contributed by atoms with Crippen LogP contribution in [-0.4, -0.2) is 37.5 Å². The third-order valence-electron chi connectivity index (χ3n) is 7.26. The summed E-state index contributed by atoms with van der Waals surface area (Å²) in [4.78, 5) is 40.8. The summed E-state index contributed by atoms with van der Waals surface area (Å²) in [5.41, 5.74) is 3.33. The summed E-state index contributed by atoms with van der Waals surface area (Å²) < 4.78 is 10.9. The molecule has 2 heterocycles. The van der Waals surface area contributed by atoms with E-state index < -0.39 is 10.8 Å². The monoisotopic (exact) mass is 501 g/mol. The van der Waals surface area contributed by atoms with Crippen LogP contribution in [0, 0.1) is 10.1 Å². The number of hydrogen-bond acceptors (Lipinski definition) is 7. The predicted molar refractivity (Wildman–Crippen MR) is 138 cm³/mol. The fourth-order valence-electron chi connectivity index (χ4n) is 5.36. The van der Waals surface area contributed by atoms with Crippen molar-refractivity contribution in [2.24, 2.45) is 0 Å². The molecule has 9 nitrogen and oxygen atoms in total. The Hall–Kier alpha value is -4.40. The highest BCUT2D eigenvalue weighted by Crippen LogP contribution is 2.43. The van der Waals surface area contributed by atoms with E-state index >= 15 is 0 Å². The Labute approximate surface area is 214 Å². The molecule has 3 aromatic carbocycles. The smallest absolute Gasteiger partial charge is 0.294 e. The van der Waals surface area contributed by atoms with Crippen molar-refractivity contribution in [2.75, 3.05) is 30.6 Å². The highest BCUT2D eigenvalue weighted by atomic mass is 16.6. The fraction of sp³-hybridized carbons (Fsp3) is 0.286. The Morgan fingerprint density at radius 1 is 0.973 bits per heavy atom. The van der Waals surface area contributed by atoms with E-state index in [0.717, 1.165) is 21.6 Å². The molecular formula is C28H27N3O6. The number of nitro groups is 1. The average molecular weight is 502 g/mol. The van der Waals surface area contributed by atoms with Crippen molar-refractivity contribution in [3.63, 3.8) is 0 Å². The number of amides is 2. The van der Waals surface area contributed by atoms with Gasteiger partial charge < -0.3 is 14.4 Å². The number of benzene rings is 3. The molecule has 2 aliphatic heterocycles. The third-order valence-corrected chi connectivity index (χ3v) is 7.26. The van der Waals surface area contributed by atoms with Crippen molar-refractivity contribution in [1.82, 2.24) is 0 Å². The second kappa shape index (κ2) is 9.57. The predicted octanol–water partition coefficient (Wildman–Crippen LogP) is 4.78. The summed E-state index contributed by atoms with van der Waals surface area (Å²) in [7, 11) is 3.16. The van der Waals surface area contributed by atoms with Crippen LogP contribution >= 0.6 is 0 Å². The number of nitrogens with zero attached hydrogens (tertiary/aromatic N) is 3. The topological polar surface area (TPSA) is 102 Å². The van der Waals surface area contributed by atoms with E-state index in [4.69, 9.17) is 9.47 Å². The van der Waals surface area contributed by atoms with Crippen molar-refractivity contribution >= 4 is 28.9 Å². The van der Waals surface area contributed by atoms with Gasteiger partial charge in [-0.3, -0.25) is 19.7 Å². The van der Waals surface area contributed by atoms with Gasteiger partial charge in [0.2, 0.25) is 11.8 Å². The molecule has 0 unspecified atom stereocenters. The van der Waals surface area contributed by atoms with Crippen molar-refractivity contribution < 1.29 is 24.0 Å². The van der Waals surface area contributed by atoms with Crippen LogP contribution in [0.15, 0.2) is 60.7 Å². The van der Waals surface area contributed by atoms with Gasteiger partial charge in [-0.1, -0.05) is 30.3 Å². The molecule has 2 aliphatic rings. The molecule has 2 atom stereocenters. The fourth-order valence-corrected chi connectivity index (χ4v) is 5.36. The molecule has 0 aromatic heterocycles. The Bertz CT molecular complexity index is 1390. The van der Waals surface area contributed by atoms with Crippen LogP contribution in [0.25, 0.3) is 0 Å². The van der Waals surface area contributed by atoms with Crippen LogP contribution in [0.2, 0.25) is 0 Å². The molecule has 37 heavy (non-hydrogen) atoms. The summed E-state index contributed by atoms with van der Waals surface area (Å²) in [6, 6.07) is 17.4. The number of imide groups is 1. The van der Waals surface area contributed by atoms with E-state index in [2.05, 4.69) is 0 Å². The maximum absolute atomic E-state index is 13.2. The number of fused-ring (bicyclic) bond motifs is 1. The summed E-state index contributed by atoms with van der Waals surface area (Å²) in [6.07, 6.45) is 0.699. The normalized spacial score (nSPS) is 19.1. The minimum Gasteiger partial charge on any atom is -0.493 e. The summed E-state index contributed by atoms with van der Waals surface area (Å²) in [5, 5.41) is 12.2. The minimum atomic E-state index is -0.599. The Morgan fingerprint density at radius 2 is 1.68 bits per heavy atom. The first-order valence-electron chi connectivity index (χ1n) is 12.1. The summed E-state index contributed by atoms with van der Waals surface area (Å²) >= 11 is 0. The Morgan fingerprint density at radius 3 is 2.35 bits per heavy atom. The van der Waals surface area contributed by atoms with Crippen molar-refractivity contribution in [3.8, 4) is 11.5 Å². The largest absolute Gasteiger partial charge is 0.493 e. The van der Waals surface area contributed by atoms with Gasteiger partial charge in [0.15, 0.2) is 11.5 Å². The number of rotatable bonds is 6.